The van der Waals surface area contributed by atoms with Gasteiger partial charge >= 0.3 is 0 Å². The molecule has 12 heteroatoms. The zero-order chi connectivity index (χ0) is 34.1. The molecule has 1 aromatic carbocycles. The van der Waals surface area contributed by atoms with Crippen molar-refractivity contribution in [2.24, 2.45) is 11.8 Å². The number of hydrogen-bond acceptors (Lipinski definition) is 8. The van der Waals surface area contributed by atoms with Crippen molar-refractivity contribution in [2.45, 2.75) is 126 Å². The molecular formula is C34H54N4O7S. The predicted octanol–water partition coefficient (Wildman–Crippen LogP) is 1.70. The van der Waals surface area contributed by atoms with E-state index in [1.807, 2.05) is 56.0 Å². The van der Waals surface area contributed by atoms with Gasteiger partial charge in [-0.15, -0.1) is 0 Å². The minimum absolute atomic E-state index is 0.0805. The molecule has 4 rings (SSSR count). The van der Waals surface area contributed by atoms with Crippen molar-refractivity contribution in [1.82, 2.24) is 20.9 Å². The highest BCUT2D eigenvalue weighted by Gasteiger charge is 2.52. The summed E-state index contributed by atoms with van der Waals surface area (Å²) in [4.78, 5) is 42.5. The van der Waals surface area contributed by atoms with E-state index in [4.69, 9.17) is 0 Å². The Morgan fingerprint density at radius 2 is 1.61 bits per heavy atom. The van der Waals surface area contributed by atoms with Crippen molar-refractivity contribution in [3.8, 4) is 0 Å². The van der Waals surface area contributed by atoms with Gasteiger partial charge in [0, 0.05) is 24.9 Å². The molecule has 0 radical (unpaired) electrons. The molecule has 1 heterocycles. The summed E-state index contributed by atoms with van der Waals surface area (Å²) < 4.78 is 24.0. The van der Waals surface area contributed by atoms with E-state index in [9.17, 15) is 33.0 Å². The largest absolute Gasteiger partial charge is 0.390 e. The van der Waals surface area contributed by atoms with Gasteiger partial charge in [-0.3, -0.25) is 19.3 Å². The summed E-state index contributed by atoms with van der Waals surface area (Å²) in [6.45, 7) is 9.33. The maximum absolute atomic E-state index is 14.0. The van der Waals surface area contributed by atoms with Gasteiger partial charge in [-0.25, -0.2) is 8.42 Å². The molecule has 258 valence electrons. The van der Waals surface area contributed by atoms with Crippen molar-refractivity contribution in [2.75, 3.05) is 19.3 Å². The molecule has 5 N–H and O–H groups in total. The quantitative estimate of drug-likeness (QED) is 0.226. The standard InChI is InChI=1S/C34H54N4O7S/c1-32(2,3)37-29(40)26-19-23-14-10-11-15-24(23)20-38(26)21-27(39)25(18-22-12-8-7-9-13-22)35-30(41)28(33(4,5)46(6,44)45)36-31(42)34(43)16-17-34/h7-9,12-13,23-28,39,43H,10-11,14-21H2,1-6H3,(H,35,41)(H,36,42)(H,37,40)/t23?,24?,25-,26-,27+,28+/m0/s1. The number of piperidine rings is 1. The molecule has 46 heavy (non-hydrogen) atoms. The number of sulfone groups is 1. The van der Waals surface area contributed by atoms with Crippen LogP contribution in [0.15, 0.2) is 30.3 Å². The highest BCUT2D eigenvalue weighted by atomic mass is 32.2. The Hall–Kier alpha value is -2.54. The average molecular weight is 663 g/mol. The lowest BCUT2D eigenvalue weighted by atomic mass is 9.72. The fourth-order valence-corrected chi connectivity index (χ4v) is 7.39. The molecule has 1 saturated heterocycles. The summed E-state index contributed by atoms with van der Waals surface area (Å²) in [7, 11) is -3.87. The molecule has 1 aromatic rings. The number of β-amino-alcohol motifs (C(OH)–C–C–N with tert-alkyl or cyclic N) is 1. The number of aliphatic hydroxyl groups excluding tert-OH is 1. The normalized spacial score (nSPS) is 25.3. The van der Waals surface area contributed by atoms with Crippen LogP contribution in [0.3, 0.4) is 0 Å². The van der Waals surface area contributed by atoms with E-state index in [-0.39, 0.29) is 31.7 Å². The molecule has 11 nitrogen and oxygen atoms in total. The minimum atomic E-state index is -3.87. The summed E-state index contributed by atoms with van der Waals surface area (Å²) in [5.41, 5.74) is -1.20. The number of nitrogens with one attached hydrogen (secondary N) is 3. The number of amides is 3. The monoisotopic (exact) mass is 662 g/mol. The molecular weight excluding hydrogens is 608 g/mol. The van der Waals surface area contributed by atoms with Crippen LogP contribution >= 0.6 is 0 Å². The van der Waals surface area contributed by atoms with Gasteiger partial charge in [-0.05, 0) is 84.1 Å². The van der Waals surface area contributed by atoms with Gasteiger partial charge in [0.2, 0.25) is 11.8 Å². The van der Waals surface area contributed by atoms with Crippen LogP contribution in [-0.4, -0.2) is 101 Å². The molecule has 3 amide bonds. The van der Waals surface area contributed by atoms with Crippen molar-refractivity contribution in [3.05, 3.63) is 35.9 Å². The smallest absolute Gasteiger partial charge is 0.252 e. The summed E-state index contributed by atoms with van der Waals surface area (Å²) in [6, 6.07) is 6.49. The van der Waals surface area contributed by atoms with E-state index in [0.717, 1.165) is 37.5 Å². The predicted molar refractivity (Wildman–Crippen MR) is 176 cm³/mol. The Morgan fingerprint density at radius 1 is 1.00 bits per heavy atom. The van der Waals surface area contributed by atoms with Crippen LogP contribution in [0, 0.1) is 11.8 Å². The van der Waals surface area contributed by atoms with E-state index in [0.29, 0.717) is 24.8 Å². The molecule has 3 aliphatic rings. The van der Waals surface area contributed by atoms with Crippen molar-refractivity contribution in [1.29, 1.82) is 0 Å². The first-order valence-electron chi connectivity index (χ1n) is 16.6. The lowest BCUT2D eigenvalue weighted by Gasteiger charge is -2.47. The zero-order valence-electron chi connectivity index (χ0n) is 28.2. The number of carbonyl (C=O) groups excluding carboxylic acids is 3. The summed E-state index contributed by atoms with van der Waals surface area (Å²) >= 11 is 0. The highest BCUT2D eigenvalue weighted by Crippen LogP contribution is 2.39. The molecule has 0 aromatic heterocycles. The fraction of sp³-hybridized carbons (Fsp3) is 0.735. The molecule has 0 spiro atoms. The molecule has 1 aliphatic heterocycles. The second-order valence-corrected chi connectivity index (χ2v) is 18.0. The number of carbonyl (C=O) groups is 3. The van der Waals surface area contributed by atoms with Crippen LogP contribution < -0.4 is 16.0 Å². The van der Waals surface area contributed by atoms with Gasteiger partial charge < -0.3 is 26.2 Å². The number of likely N-dealkylation sites (tertiary alicyclic amines) is 1. The first kappa shape index (κ1) is 36.3. The SMILES string of the molecule is CC(C)(C)NC(=O)[C@@H]1CC2CCCCC2CN1C[C@@H](O)[C@H](Cc1ccccc1)NC(=O)[C@@H](NC(=O)C1(O)CC1)C(C)(C)S(C)(=O)=O. The Kier molecular flexibility index (Phi) is 11.0. The third-order valence-electron chi connectivity index (χ3n) is 10.2. The lowest BCUT2D eigenvalue weighted by Crippen LogP contribution is -2.65. The van der Waals surface area contributed by atoms with Crippen LogP contribution in [0.2, 0.25) is 0 Å². The molecule has 0 bridgehead atoms. The third-order valence-corrected chi connectivity index (χ3v) is 12.3. The topological polar surface area (TPSA) is 165 Å². The second kappa shape index (κ2) is 13.9. The Morgan fingerprint density at radius 3 is 2.17 bits per heavy atom. The number of rotatable bonds is 12. The number of nitrogens with zero attached hydrogens (tertiary/aromatic N) is 1. The molecule has 3 fully saturated rings. The van der Waals surface area contributed by atoms with Gasteiger partial charge in [-0.1, -0.05) is 49.6 Å². The fourth-order valence-electron chi connectivity index (χ4n) is 6.79. The van der Waals surface area contributed by atoms with Crippen LogP contribution in [0.25, 0.3) is 0 Å². The number of benzene rings is 1. The van der Waals surface area contributed by atoms with Crippen molar-refractivity contribution in [3.63, 3.8) is 0 Å². The first-order chi connectivity index (χ1) is 21.3. The van der Waals surface area contributed by atoms with Gasteiger partial charge in [0.1, 0.15) is 11.6 Å². The van der Waals surface area contributed by atoms with Crippen LogP contribution in [0.1, 0.15) is 85.1 Å². The number of aliphatic hydroxyl groups is 2. The van der Waals surface area contributed by atoms with Crippen molar-refractivity contribution >= 4 is 27.6 Å². The third kappa shape index (κ3) is 8.87. The van der Waals surface area contributed by atoms with E-state index < -0.39 is 61.8 Å². The number of fused-ring (bicyclic) bond motifs is 1. The van der Waals surface area contributed by atoms with Gasteiger partial charge in [0.05, 0.1) is 22.9 Å². The van der Waals surface area contributed by atoms with Gasteiger partial charge in [0.15, 0.2) is 9.84 Å². The average Bonchev–Trinajstić information content (AvgIpc) is 3.72. The van der Waals surface area contributed by atoms with Crippen LogP contribution in [0.4, 0.5) is 0 Å². The van der Waals surface area contributed by atoms with Crippen LogP contribution in [0.5, 0.6) is 0 Å². The maximum atomic E-state index is 14.0. The Labute approximate surface area is 274 Å². The van der Waals surface area contributed by atoms with E-state index >= 15 is 0 Å². The number of hydrogen-bond donors (Lipinski definition) is 5. The van der Waals surface area contributed by atoms with E-state index in [2.05, 4.69) is 16.0 Å². The Bertz CT molecular complexity index is 1360. The summed E-state index contributed by atoms with van der Waals surface area (Å²) in [6.07, 6.45) is 5.72. The molecule has 2 unspecified atom stereocenters. The van der Waals surface area contributed by atoms with Crippen molar-refractivity contribution < 1.29 is 33.0 Å². The lowest BCUT2D eigenvalue weighted by molar-refractivity contribution is -0.136. The van der Waals surface area contributed by atoms with Crippen LogP contribution in [-0.2, 0) is 30.6 Å². The van der Waals surface area contributed by atoms with E-state index in [1.54, 1.807) is 0 Å². The van der Waals surface area contributed by atoms with Gasteiger partial charge in [-0.2, -0.15) is 0 Å². The molecule has 2 saturated carbocycles. The summed E-state index contributed by atoms with van der Waals surface area (Å²) in [5, 5.41) is 30.7. The zero-order valence-corrected chi connectivity index (χ0v) is 29.0. The minimum Gasteiger partial charge on any atom is -0.390 e. The highest BCUT2D eigenvalue weighted by molar-refractivity contribution is 7.92. The Balaban J connectivity index is 1.61. The van der Waals surface area contributed by atoms with E-state index in [1.165, 1.54) is 13.8 Å². The molecule has 6 atom stereocenters. The van der Waals surface area contributed by atoms with Gasteiger partial charge in [0.25, 0.3) is 5.91 Å². The summed E-state index contributed by atoms with van der Waals surface area (Å²) in [5.74, 6) is -0.789. The first-order valence-corrected chi connectivity index (χ1v) is 18.5. The maximum Gasteiger partial charge on any atom is 0.252 e. The molecule has 2 aliphatic carbocycles. The second-order valence-electron chi connectivity index (χ2n) is 15.4.